The number of rotatable bonds is 6. The maximum Gasteiger partial charge on any atom is 0.338 e. The molecule has 3 aliphatic rings. The zero-order chi connectivity index (χ0) is 22.8. The van der Waals surface area contributed by atoms with Gasteiger partial charge in [0, 0.05) is 30.9 Å². The molecule has 4 rings (SSSR count). The van der Waals surface area contributed by atoms with Gasteiger partial charge in [-0.2, -0.15) is 0 Å². The molecule has 0 aromatic heterocycles. The van der Waals surface area contributed by atoms with Crippen LogP contribution < -0.4 is 0 Å². The Morgan fingerprint density at radius 3 is 2.75 bits per heavy atom. The number of hydrogen-bond donors (Lipinski definition) is 0. The van der Waals surface area contributed by atoms with E-state index in [9.17, 15) is 19.7 Å². The Morgan fingerprint density at radius 2 is 2.06 bits per heavy atom. The predicted octanol–water partition coefficient (Wildman–Crippen LogP) is 3.75. The van der Waals surface area contributed by atoms with E-state index in [2.05, 4.69) is 4.99 Å². The highest BCUT2D eigenvalue weighted by atomic mass is 32.2. The van der Waals surface area contributed by atoms with E-state index >= 15 is 0 Å². The molecule has 1 saturated heterocycles. The van der Waals surface area contributed by atoms with Crippen LogP contribution in [0.25, 0.3) is 0 Å². The molecule has 168 valence electrons. The first-order valence-corrected chi connectivity index (χ1v) is 11.4. The fourth-order valence-electron chi connectivity index (χ4n) is 4.20. The Hall–Kier alpha value is -3.14. The van der Waals surface area contributed by atoms with Crippen molar-refractivity contribution in [1.29, 1.82) is 0 Å². The van der Waals surface area contributed by atoms with Crippen LogP contribution in [0.4, 0.5) is 5.69 Å². The number of nitro benzene ring substituents is 1. The number of thioether (sulfide) groups is 1. The highest BCUT2D eigenvalue weighted by molar-refractivity contribution is 8.16. The Kier molecular flexibility index (Phi) is 6.31. The molecule has 1 aromatic carbocycles. The van der Waals surface area contributed by atoms with E-state index in [0.717, 1.165) is 31.6 Å². The molecule has 3 aliphatic heterocycles. The molecule has 1 atom stereocenters. The highest BCUT2D eigenvalue weighted by Gasteiger charge is 2.41. The molecule has 10 heteroatoms. The summed E-state index contributed by atoms with van der Waals surface area (Å²) in [5.74, 6) is -0.497. The molecule has 1 fully saturated rings. The van der Waals surface area contributed by atoms with Crippen LogP contribution in [-0.2, 0) is 14.3 Å². The lowest BCUT2D eigenvalue weighted by molar-refractivity contribution is -0.384. The zero-order valence-corrected chi connectivity index (χ0v) is 18.8. The van der Waals surface area contributed by atoms with Crippen LogP contribution in [0.2, 0.25) is 0 Å². The summed E-state index contributed by atoms with van der Waals surface area (Å²) < 4.78 is 5.30. The number of non-ortho nitro benzene ring substituents is 1. The number of ether oxygens (including phenoxy) is 1. The second-order valence-electron chi connectivity index (χ2n) is 7.73. The van der Waals surface area contributed by atoms with E-state index < -0.39 is 16.9 Å². The summed E-state index contributed by atoms with van der Waals surface area (Å²) in [7, 11) is 0. The van der Waals surface area contributed by atoms with Crippen molar-refractivity contribution in [3.63, 3.8) is 0 Å². The van der Waals surface area contributed by atoms with E-state index in [4.69, 9.17) is 4.74 Å². The molecule has 1 amide bonds. The number of aliphatic imine (C=N–C) groups is 1. The number of carbonyl (C=O) groups excluding carboxylic acids is 2. The maximum absolute atomic E-state index is 12.9. The van der Waals surface area contributed by atoms with Crippen LogP contribution in [0.5, 0.6) is 0 Å². The molecule has 1 unspecified atom stereocenters. The van der Waals surface area contributed by atoms with Crippen LogP contribution in [0.1, 0.15) is 44.7 Å². The number of carbonyl (C=O) groups is 2. The number of amides is 1. The van der Waals surface area contributed by atoms with Crippen molar-refractivity contribution in [1.82, 2.24) is 9.80 Å². The molecule has 0 spiro atoms. The van der Waals surface area contributed by atoms with Gasteiger partial charge in [0.15, 0.2) is 5.17 Å². The number of nitrogens with zero attached hydrogens (tertiary/aromatic N) is 4. The number of likely N-dealkylation sites (tertiary alicyclic amines) is 1. The third kappa shape index (κ3) is 4.14. The van der Waals surface area contributed by atoms with Crippen molar-refractivity contribution in [2.24, 2.45) is 4.99 Å². The molecule has 0 N–H and O–H groups in total. The summed E-state index contributed by atoms with van der Waals surface area (Å²) >= 11 is 1.38. The number of esters is 1. The summed E-state index contributed by atoms with van der Waals surface area (Å²) in [5.41, 5.74) is 2.03. The second-order valence-corrected chi connectivity index (χ2v) is 8.57. The van der Waals surface area contributed by atoms with Crippen molar-refractivity contribution < 1.29 is 19.2 Å². The van der Waals surface area contributed by atoms with Crippen LogP contribution in [0.3, 0.4) is 0 Å². The van der Waals surface area contributed by atoms with Crippen LogP contribution in [-0.4, -0.2) is 51.5 Å². The van der Waals surface area contributed by atoms with E-state index in [0.29, 0.717) is 22.0 Å². The van der Waals surface area contributed by atoms with Crippen molar-refractivity contribution >= 4 is 34.5 Å². The SMILES string of the molecule is CCOC(=O)C1=C(C)N=C2SC=C(CC(=O)N3CCCC3)N2C1c1cccc([N+](=O)[O-])c1. The van der Waals surface area contributed by atoms with Crippen LogP contribution in [0, 0.1) is 10.1 Å². The summed E-state index contributed by atoms with van der Waals surface area (Å²) in [6.45, 7) is 5.15. The molecule has 0 radical (unpaired) electrons. The van der Waals surface area contributed by atoms with E-state index in [1.54, 1.807) is 26.0 Å². The third-order valence-electron chi connectivity index (χ3n) is 5.68. The second kappa shape index (κ2) is 9.15. The quantitative estimate of drug-likeness (QED) is 0.365. The average Bonchev–Trinajstić information content (AvgIpc) is 3.43. The number of nitro groups is 1. The minimum atomic E-state index is -0.672. The molecular weight excluding hydrogens is 432 g/mol. The van der Waals surface area contributed by atoms with E-state index in [-0.39, 0.29) is 24.6 Å². The fourth-order valence-corrected chi connectivity index (χ4v) is 5.16. The Bertz CT molecular complexity index is 1060. The van der Waals surface area contributed by atoms with E-state index in [1.807, 2.05) is 15.2 Å². The molecule has 0 saturated carbocycles. The first kappa shape index (κ1) is 22.1. The summed E-state index contributed by atoms with van der Waals surface area (Å²) in [6.07, 6.45) is 2.18. The number of allylic oxidation sites excluding steroid dienone is 1. The molecule has 0 aliphatic carbocycles. The van der Waals surface area contributed by atoms with Gasteiger partial charge in [-0.1, -0.05) is 23.9 Å². The molecular formula is C22H24N4O5S. The Morgan fingerprint density at radius 1 is 1.31 bits per heavy atom. The van der Waals surface area contributed by atoms with E-state index in [1.165, 1.54) is 23.9 Å². The minimum absolute atomic E-state index is 0.0253. The standard InChI is InChI=1S/C22H24N4O5S/c1-3-31-21(28)19-14(2)23-22-25(20(19)15-7-6-8-16(11-15)26(29)30)17(13-32-22)12-18(27)24-9-4-5-10-24/h6-8,11,13,20H,3-5,9-10,12H2,1-2H3. The Labute approximate surface area is 190 Å². The Balaban J connectivity index is 1.75. The van der Waals surface area contributed by atoms with Gasteiger partial charge in [0.1, 0.15) is 0 Å². The fraction of sp³-hybridized carbons (Fsp3) is 0.409. The lowest BCUT2D eigenvalue weighted by atomic mass is 9.93. The number of amidine groups is 1. The van der Waals surface area contributed by atoms with Gasteiger partial charge < -0.3 is 14.5 Å². The number of benzene rings is 1. The summed E-state index contributed by atoms with van der Waals surface area (Å²) in [5, 5.41) is 13.9. The van der Waals surface area contributed by atoms with Crippen molar-refractivity contribution in [2.75, 3.05) is 19.7 Å². The number of fused-ring (bicyclic) bond motifs is 1. The van der Waals surface area contributed by atoms with Gasteiger partial charge in [-0.3, -0.25) is 14.9 Å². The van der Waals surface area contributed by atoms with Crippen LogP contribution >= 0.6 is 11.8 Å². The smallest absolute Gasteiger partial charge is 0.338 e. The highest BCUT2D eigenvalue weighted by Crippen LogP contribution is 2.45. The molecule has 1 aromatic rings. The van der Waals surface area contributed by atoms with Crippen molar-refractivity contribution in [2.45, 2.75) is 39.2 Å². The first-order valence-electron chi connectivity index (χ1n) is 10.5. The molecule has 0 bridgehead atoms. The van der Waals surface area contributed by atoms with Crippen LogP contribution in [0.15, 0.2) is 51.6 Å². The van der Waals surface area contributed by atoms with Gasteiger partial charge in [-0.05, 0) is 37.7 Å². The molecule has 32 heavy (non-hydrogen) atoms. The zero-order valence-electron chi connectivity index (χ0n) is 17.9. The third-order valence-corrected chi connectivity index (χ3v) is 6.57. The molecule has 9 nitrogen and oxygen atoms in total. The van der Waals surface area contributed by atoms with Crippen molar-refractivity contribution in [3.05, 3.63) is 62.3 Å². The lowest BCUT2D eigenvalue weighted by Crippen LogP contribution is -2.38. The largest absolute Gasteiger partial charge is 0.463 e. The van der Waals surface area contributed by atoms with Gasteiger partial charge in [-0.25, -0.2) is 9.79 Å². The summed E-state index contributed by atoms with van der Waals surface area (Å²) in [6, 6.07) is 5.54. The monoisotopic (exact) mass is 456 g/mol. The minimum Gasteiger partial charge on any atom is -0.463 e. The lowest BCUT2D eigenvalue weighted by Gasteiger charge is -2.36. The normalized spacial score (nSPS) is 20.1. The predicted molar refractivity (Wildman–Crippen MR) is 121 cm³/mol. The van der Waals surface area contributed by atoms with Gasteiger partial charge in [0.25, 0.3) is 5.69 Å². The average molecular weight is 457 g/mol. The molecule has 3 heterocycles. The number of hydrogen-bond acceptors (Lipinski definition) is 8. The first-order chi connectivity index (χ1) is 15.4. The maximum atomic E-state index is 12.9. The van der Waals surface area contributed by atoms with Gasteiger partial charge in [0.2, 0.25) is 5.91 Å². The van der Waals surface area contributed by atoms with Crippen molar-refractivity contribution in [3.8, 4) is 0 Å². The van der Waals surface area contributed by atoms with Gasteiger partial charge in [-0.15, -0.1) is 0 Å². The van der Waals surface area contributed by atoms with Gasteiger partial charge in [0.05, 0.1) is 35.3 Å². The van der Waals surface area contributed by atoms with Gasteiger partial charge >= 0.3 is 5.97 Å². The topological polar surface area (TPSA) is 105 Å². The summed E-state index contributed by atoms with van der Waals surface area (Å²) in [4.78, 5) is 45.0.